The fraction of sp³-hybridized carbons (Fsp3) is 0.348. The minimum Gasteiger partial charge on any atom is -0.452 e. The number of hydrogen-bond donors (Lipinski definition) is 1. The Kier molecular flexibility index (Phi) is 7.00. The molecule has 0 saturated carbocycles. The van der Waals surface area contributed by atoms with Crippen molar-refractivity contribution in [1.82, 2.24) is 5.32 Å². The number of nitrogens with zero attached hydrogens (tertiary/aromatic N) is 1. The summed E-state index contributed by atoms with van der Waals surface area (Å²) in [6.07, 6.45) is 1.25. The molecule has 3 rings (SSSR count). The van der Waals surface area contributed by atoms with Crippen molar-refractivity contribution in [1.29, 1.82) is 0 Å². The van der Waals surface area contributed by atoms with Crippen molar-refractivity contribution < 1.29 is 19.1 Å². The van der Waals surface area contributed by atoms with Crippen LogP contribution in [0.3, 0.4) is 0 Å². The van der Waals surface area contributed by atoms with Crippen molar-refractivity contribution in [3.05, 3.63) is 65.7 Å². The van der Waals surface area contributed by atoms with Crippen molar-refractivity contribution in [2.24, 2.45) is 0 Å². The molecule has 0 saturated heterocycles. The van der Waals surface area contributed by atoms with Crippen LogP contribution >= 0.6 is 0 Å². The Morgan fingerprint density at radius 2 is 1.79 bits per heavy atom. The molecule has 0 spiro atoms. The molecule has 1 N–H and O–H groups in total. The number of hydrogen-bond acceptors (Lipinski definition) is 4. The van der Waals surface area contributed by atoms with Gasteiger partial charge in [0.1, 0.15) is 0 Å². The molecule has 29 heavy (non-hydrogen) atoms. The number of carbonyl (C=O) groups is 3. The van der Waals surface area contributed by atoms with Crippen LogP contribution in [-0.4, -0.2) is 37.0 Å². The van der Waals surface area contributed by atoms with E-state index in [1.165, 1.54) is 0 Å². The second-order valence-electron chi connectivity index (χ2n) is 7.12. The monoisotopic (exact) mass is 394 g/mol. The van der Waals surface area contributed by atoms with Crippen LogP contribution in [0.1, 0.15) is 30.9 Å². The molecule has 0 fully saturated rings. The first kappa shape index (κ1) is 20.6. The second-order valence-corrected chi connectivity index (χ2v) is 7.12. The van der Waals surface area contributed by atoms with Gasteiger partial charge < -0.3 is 15.0 Å². The first-order chi connectivity index (χ1) is 14.0. The summed E-state index contributed by atoms with van der Waals surface area (Å²) in [6, 6.07) is 17.2. The maximum atomic E-state index is 12.8. The van der Waals surface area contributed by atoms with E-state index < -0.39 is 12.1 Å². The van der Waals surface area contributed by atoms with E-state index in [0.717, 1.165) is 29.7 Å². The van der Waals surface area contributed by atoms with Gasteiger partial charge in [0.25, 0.3) is 5.91 Å². The van der Waals surface area contributed by atoms with Crippen LogP contribution in [0.2, 0.25) is 0 Å². The molecule has 0 aliphatic carbocycles. The van der Waals surface area contributed by atoms with E-state index >= 15 is 0 Å². The topological polar surface area (TPSA) is 75.7 Å². The fourth-order valence-electron chi connectivity index (χ4n) is 3.44. The minimum atomic E-state index is -0.867. The van der Waals surface area contributed by atoms with Gasteiger partial charge in [0.15, 0.2) is 6.10 Å². The number of para-hydroxylation sites is 1. The third-order valence-corrected chi connectivity index (χ3v) is 4.89. The molecule has 6 heteroatoms. The molecular formula is C23H26N2O4. The van der Waals surface area contributed by atoms with Crippen LogP contribution in [-0.2, 0) is 32.0 Å². The molecule has 2 amide bonds. The summed E-state index contributed by atoms with van der Waals surface area (Å²) in [5, 5.41) is 2.71. The maximum Gasteiger partial charge on any atom is 0.308 e. The maximum absolute atomic E-state index is 12.8. The average Bonchev–Trinajstić information content (AvgIpc) is 2.73. The highest BCUT2D eigenvalue weighted by molar-refractivity contribution is 5.98. The zero-order valence-corrected chi connectivity index (χ0v) is 16.6. The van der Waals surface area contributed by atoms with Crippen molar-refractivity contribution in [2.45, 2.75) is 38.7 Å². The molecule has 0 bridgehead atoms. The third-order valence-electron chi connectivity index (χ3n) is 4.89. The molecular weight excluding hydrogens is 368 g/mol. The van der Waals surface area contributed by atoms with E-state index in [-0.39, 0.29) is 31.2 Å². The Labute approximate surface area is 170 Å². The SMILES string of the molecule is CC(OC(=O)CCNC(=O)Cc1ccccc1)C(=O)N1CCCc2ccccc21. The Morgan fingerprint density at radius 3 is 2.59 bits per heavy atom. The van der Waals surface area contributed by atoms with Gasteiger partial charge in [-0.25, -0.2) is 0 Å². The van der Waals surface area contributed by atoms with Gasteiger partial charge in [0.05, 0.1) is 12.8 Å². The number of carbonyl (C=O) groups excluding carboxylic acids is 3. The smallest absolute Gasteiger partial charge is 0.308 e. The number of esters is 1. The highest BCUT2D eigenvalue weighted by Crippen LogP contribution is 2.27. The molecule has 1 atom stereocenters. The van der Waals surface area contributed by atoms with Crippen molar-refractivity contribution in [3.8, 4) is 0 Å². The first-order valence-corrected chi connectivity index (χ1v) is 9.94. The van der Waals surface area contributed by atoms with Gasteiger partial charge in [0.2, 0.25) is 5.91 Å². The zero-order valence-electron chi connectivity index (χ0n) is 16.6. The van der Waals surface area contributed by atoms with Crippen LogP contribution in [0.25, 0.3) is 0 Å². The second kappa shape index (κ2) is 9.87. The van der Waals surface area contributed by atoms with E-state index in [0.29, 0.717) is 6.54 Å². The third kappa shape index (κ3) is 5.67. The largest absolute Gasteiger partial charge is 0.452 e. The highest BCUT2D eigenvalue weighted by atomic mass is 16.5. The number of amides is 2. The van der Waals surface area contributed by atoms with E-state index in [2.05, 4.69) is 5.32 Å². The summed E-state index contributed by atoms with van der Waals surface area (Å²) < 4.78 is 5.30. The van der Waals surface area contributed by atoms with E-state index in [1.807, 2.05) is 54.6 Å². The Morgan fingerprint density at radius 1 is 1.07 bits per heavy atom. The summed E-state index contributed by atoms with van der Waals surface area (Å²) in [4.78, 5) is 38.5. The van der Waals surface area contributed by atoms with E-state index in [4.69, 9.17) is 4.74 Å². The molecule has 6 nitrogen and oxygen atoms in total. The molecule has 1 aliphatic rings. The lowest BCUT2D eigenvalue weighted by Gasteiger charge is -2.31. The fourth-order valence-corrected chi connectivity index (χ4v) is 3.44. The Bertz CT molecular complexity index is 866. The van der Waals surface area contributed by atoms with Crippen LogP contribution in [0.5, 0.6) is 0 Å². The predicted molar refractivity (Wildman–Crippen MR) is 110 cm³/mol. The summed E-state index contributed by atoms with van der Waals surface area (Å²) in [5.41, 5.74) is 2.93. The molecule has 1 heterocycles. The molecule has 1 unspecified atom stereocenters. The number of rotatable bonds is 7. The standard InChI is InChI=1S/C23H26N2O4/c1-17(23(28)25-15-7-11-19-10-5-6-12-20(19)25)29-22(27)13-14-24-21(26)16-18-8-3-2-4-9-18/h2-6,8-10,12,17H,7,11,13-16H2,1H3,(H,24,26). The number of aryl methyl sites for hydroxylation is 1. The molecule has 2 aromatic carbocycles. The molecule has 2 aromatic rings. The summed E-state index contributed by atoms with van der Waals surface area (Å²) in [7, 11) is 0. The number of ether oxygens (including phenoxy) is 1. The highest BCUT2D eigenvalue weighted by Gasteiger charge is 2.28. The Balaban J connectivity index is 1.43. The van der Waals surface area contributed by atoms with Gasteiger partial charge in [-0.1, -0.05) is 48.5 Å². The predicted octanol–water partition coefficient (Wildman–Crippen LogP) is 2.65. The van der Waals surface area contributed by atoms with Gasteiger partial charge in [-0.2, -0.15) is 0 Å². The lowest BCUT2D eigenvalue weighted by molar-refractivity contribution is -0.153. The number of benzene rings is 2. The Hall–Kier alpha value is -3.15. The summed E-state index contributed by atoms with van der Waals surface area (Å²) in [5.74, 6) is -0.882. The van der Waals surface area contributed by atoms with Gasteiger partial charge >= 0.3 is 5.97 Å². The quantitative estimate of drug-likeness (QED) is 0.733. The van der Waals surface area contributed by atoms with E-state index in [1.54, 1.807) is 11.8 Å². The zero-order chi connectivity index (χ0) is 20.6. The molecule has 152 valence electrons. The normalized spacial score (nSPS) is 13.9. The molecule has 0 radical (unpaired) electrons. The summed E-state index contributed by atoms with van der Waals surface area (Å²) >= 11 is 0. The van der Waals surface area contributed by atoms with Crippen molar-refractivity contribution in [3.63, 3.8) is 0 Å². The van der Waals surface area contributed by atoms with Crippen LogP contribution in [0, 0.1) is 0 Å². The number of anilines is 1. The molecule has 0 aromatic heterocycles. The first-order valence-electron chi connectivity index (χ1n) is 9.94. The van der Waals surface area contributed by atoms with Crippen LogP contribution in [0.15, 0.2) is 54.6 Å². The average molecular weight is 394 g/mol. The van der Waals surface area contributed by atoms with Crippen molar-refractivity contribution in [2.75, 3.05) is 18.0 Å². The lowest BCUT2D eigenvalue weighted by atomic mass is 10.0. The number of fused-ring (bicyclic) bond motifs is 1. The van der Waals surface area contributed by atoms with Gasteiger partial charge in [-0.15, -0.1) is 0 Å². The van der Waals surface area contributed by atoms with Crippen LogP contribution < -0.4 is 10.2 Å². The summed E-state index contributed by atoms with van der Waals surface area (Å²) in [6.45, 7) is 2.39. The van der Waals surface area contributed by atoms with Crippen molar-refractivity contribution >= 4 is 23.5 Å². The van der Waals surface area contributed by atoms with E-state index in [9.17, 15) is 14.4 Å². The lowest BCUT2D eigenvalue weighted by Crippen LogP contribution is -2.43. The number of nitrogens with one attached hydrogen (secondary N) is 1. The minimum absolute atomic E-state index is 0.0226. The molecule has 1 aliphatic heterocycles. The van der Waals surface area contributed by atoms with Gasteiger partial charge in [0, 0.05) is 18.8 Å². The van der Waals surface area contributed by atoms with Gasteiger partial charge in [-0.3, -0.25) is 14.4 Å². The van der Waals surface area contributed by atoms with Gasteiger partial charge in [-0.05, 0) is 37.0 Å². The van der Waals surface area contributed by atoms with Crippen LogP contribution in [0.4, 0.5) is 5.69 Å².